The van der Waals surface area contributed by atoms with E-state index in [1.54, 1.807) is 0 Å². The van der Waals surface area contributed by atoms with E-state index in [1.165, 1.54) is 37.4 Å². The number of carbonyl (C=O) groups is 2. The Balaban J connectivity index is 2.00. The SMILES string of the molecule is COCCOc1cc([C@H](Cc2c(Cl)c[n+]([O-])cc2Cl)OC(=O)c2ccc(C=O)s2)ccc1OC(F)F. The maximum Gasteiger partial charge on any atom is 0.387 e. The molecule has 0 saturated carbocycles. The van der Waals surface area contributed by atoms with Crippen molar-refractivity contribution in [3.8, 4) is 11.5 Å². The number of carbonyl (C=O) groups excluding carboxylic acids is 2. The van der Waals surface area contributed by atoms with E-state index in [9.17, 15) is 23.6 Å². The van der Waals surface area contributed by atoms with Gasteiger partial charge in [-0.05, 0) is 29.8 Å². The monoisotopic (exact) mass is 561 g/mol. The minimum absolute atomic E-state index is 0.0343. The number of ether oxygens (including phenoxy) is 4. The average Bonchev–Trinajstić information content (AvgIpc) is 3.31. The predicted molar refractivity (Wildman–Crippen MR) is 127 cm³/mol. The molecule has 8 nitrogen and oxygen atoms in total. The van der Waals surface area contributed by atoms with Gasteiger partial charge in [0.2, 0.25) is 0 Å². The minimum Gasteiger partial charge on any atom is -0.619 e. The molecule has 0 amide bonds. The molecule has 0 unspecified atom stereocenters. The molecule has 1 aromatic carbocycles. The molecule has 0 radical (unpaired) electrons. The zero-order valence-electron chi connectivity index (χ0n) is 18.6. The van der Waals surface area contributed by atoms with Gasteiger partial charge in [-0.25, -0.2) is 4.79 Å². The first-order chi connectivity index (χ1) is 17.2. The normalized spacial score (nSPS) is 11.8. The molecule has 0 N–H and O–H groups in total. The van der Waals surface area contributed by atoms with Crippen LogP contribution in [0.3, 0.4) is 0 Å². The Hall–Kier alpha value is -2.99. The van der Waals surface area contributed by atoms with Crippen LogP contribution in [-0.4, -0.2) is 39.2 Å². The van der Waals surface area contributed by atoms with Crippen molar-refractivity contribution in [3.63, 3.8) is 0 Å². The number of nitrogens with zero attached hydrogens (tertiary/aromatic N) is 1. The van der Waals surface area contributed by atoms with Crippen LogP contribution in [0.15, 0.2) is 42.7 Å². The van der Waals surface area contributed by atoms with Crippen LogP contribution in [0.5, 0.6) is 11.5 Å². The fraction of sp³-hybridized carbons (Fsp3) is 0.261. The number of thiophene rings is 1. The highest BCUT2D eigenvalue weighted by Gasteiger charge is 2.25. The highest BCUT2D eigenvalue weighted by Crippen LogP contribution is 2.36. The number of aldehydes is 1. The van der Waals surface area contributed by atoms with E-state index < -0.39 is 18.7 Å². The predicted octanol–water partition coefficient (Wildman–Crippen LogP) is 5.27. The Labute approximate surface area is 218 Å². The Morgan fingerprint density at radius 1 is 1.14 bits per heavy atom. The van der Waals surface area contributed by atoms with Gasteiger partial charge >= 0.3 is 12.6 Å². The standard InChI is InChI=1S/C23H19Cl2F2NO7S/c1-32-6-7-33-20-8-13(2-4-18(20)35-23(26)27)19(9-15-16(24)10-28(31)11-17(15)25)34-22(30)21-5-3-14(12-29)36-21/h2-5,8,10-12,19,23H,6-7,9H2,1H3/t19-/m0/s1. The minimum atomic E-state index is -3.10. The molecular weight excluding hydrogens is 543 g/mol. The van der Waals surface area contributed by atoms with Crippen LogP contribution in [0.4, 0.5) is 8.78 Å². The molecule has 1 atom stereocenters. The van der Waals surface area contributed by atoms with E-state index in [0.29, 0.717) is 27.0 Å². The molecule has 192 valence electrons. The van der Waals surface area contributed by atoms with Crippen LogP contribution >= 0.6 is 34.5 Å². The molecule has 2 aromatic heterocycles. The second-order valence-electron chi connectivity index (χ2n) is 7.14. The maximum absolute atomic E-state index is 12.9. The van der Waals surface area contributed by atoms with Gasteiger partial charge in [0.15, 0.2) is 30.2 Å². The third-order valence-electron chi connectivity index (χ3n) is 4.74. The van der Waals surface area contributed by atoms with Crippen molar-refractivity contribution >= 4 is 46.8 Å². The van der Waals surface area contributed by atoms with E-state index in [0.717, 1.165) is 23.7 Å². The van der Waals surface area contributed by atoms with Crippen LogP contribution in [0.25, 0.3) is 0 Å². The summed E-state index contributed by atoms with van der Waals surface area (Å²) < 4.78 is 46.9. The summed E-state index contributed by atoms with van der Waals surface area (Å²) in [6.07, 6.45) is 1.68. The Morgan fingerprint density at radius 2 is 1.86 bits per heavy atom. The molecule has 3 aromatic rings. The summed E-state index contributed by atoms with van der Waals surface area (Å²) in [6, 6.07) is 6.96. The molecule has 0 spiro atoms. The number of hydrogen-bond donors (Lipinski definition) is 0. The number of rotatable bonds is 12. The van der Waals surface area contributed by atoms with Crippen molar-refractivity contribution in [2.75, 3.05) is 20.3 Å². The summed E-state index contributed by atoms with van der Waals surface area (Å²) >= 11 is 13.4. The van der Waals surface area contributed by atoms with Gasteiger partial charge in [-0.3, -0.25) is 4.79 Å². The molecule has 0 fully saturated rings. The highest BCUT2D eigenvalue weighted by molar-refractivity contribution is 7.15. The Morgan fingerprint density at radius 3 is 2.47 bits per heavy atom. The maximum atomic E-state index is 12.9. The van der Waals surface area contributed by atoms with Crippen molar-refractivity contribution in [2.24, 2.45) is 0 Å². The van der Waals surface area contributed by atoms with Crippen LogP contribution in [0.2, 0.25) is 10.0 Å². The van der Waals surface area contributed by atoms with Crippen molar-refractivity contribution in [1.82, 2.24) is 0 Å². The summed E-state index contributed by atoms with van der Waals surface area (Å²) in [6.45, 7) is -2.88. The average molecular weight is 562 g/mol. The van der Waals surface area contributed by atoms with E-state index in [1.807, 2.05) is 0 Å². The molecule has 3 rings (SSSR count). The van der Waals surface area contributed by atoms with Crippen molar-refractivity contribution in [2.45, 2.75) is 19.1 Å². The molecule has 36 heavy (non-hydrogen) atoms. The number of methoxy groups -OCH3 is 1. The van der Waals surface area contributed by atoms with Gasteiger partial charge in [0.05, 0.1) is 11.5 Å². The second kappa shape index (κ2) is 12.8. The molecule has 0 saturated heterocycles. The fourth-order valence-corrected chi connectivity index (χ4v) is 4.42. The number of aromatic nitrogens is 1. The first kappa shape index (κ1) is 27.6. The van der Waals surface area contributed by atoms with Crippen molar-refractivity contribution in [1.29, 1.82) is 0 Å². The molecule has 0 aliphatic heterocycles. The summed E-state index contributed by atoms with van der Waals surface area (Å²) in [5, 5.41) is 11.7. The summed E-state index contributed by atoms with van der Waals surface area (Å²) in [4.78, 5) is 24.4. The molecule has 0 aliphatic rings. The quantitative estimate of drug-likeness (QED) is 0.0976. The number of halogens is 4. The van der Waals surface area contributed by atoms with Crippen molar-refractivity contribution in [3.05, 3.63) is 78.9 Å². The molecular formula is C23H19Cl2F2NO7S. The third-order valence-corrected chi connectivity index (χ3v) is 6.38. The second-order valence-corrected chi connectivity index (χ2v) is 9.07. The van der Waals surface area contributed by atoms with Gasteiger partial charge in [0.1, 0.15) is 27.6 Å². The number of esters is 1. The van der Waals surface area contributed by atoms with Crippen LogP contribution in [0.1, 0.15) is 36.6 Å². The van der Waals surface area contributed by atoms with E-state index in [4.69, 9.17) is 37.4 Å². The fourth-order valence-electron chi connectivity index (χ4n) is 3.12. The lowest BCUT2D eigenvalue weighted by Crippen LogP contribution is -2.25. The number of pyridine rings is 1. The van der Waals surface area contributed by atoms with Crippen molar-refractivity contribution < 1.29 is 42.0 Å². The summed E-state index contributed by atoms with van der Waals surface area (Å²) in [5.41, 5.74) is 0.660. The highest BCUT2D eigenvalue weighted by atomic mass is 35.5. The van der Waals surface area contributed by atoms with Gasteiger partial charge in [0.25, 0.3) is 0 Å². The first-order valence-corrected chi connectivity index (χ1v) is 11.8. The Kier molecular flexibility index (Phi) is 9.82. The Bertz CT molecular complexity index is 1200. The van der Waals surface area contributed by atoms with E-state index >= 15 is 0 Å². The largest absolute Gasteiger partial charge is 0.619 e. The summed E-state index contributed by atoms with van der Waals surface area (Å²) in [5.74, 6) is -1.00. The van der Waals surface area contributed by atoms with Gasteiger partial charge in [-0.1, -0.05) is 29.3 Å². The van der Waals surface area contributed by atoms with Crippen LogP contribution < -0.4 is 14.2 Å². The van der Waals surface area contributed by atoms with Crippen LogP contribution in [-0.2, 0) is 15.9 Å². The zero-order chi connectivity index (χ0) is 26.2. The molecule has 13 heteroatoms. The summed E-state index contributed by atoms with van der Waals surface area (Å²) in [7, 11) is 1.45. The topological polar surface area (TPSA) is 98.0 Å². The van der Waals surface area contributed by atoms with Gasteiger partial charge in [-0.15, -0.1) is 11.3 Å². The van der Waals surface area contributed by atoms with Gasteiger partial charge < -0.3 is 24.2 Å². The lowest BCUT2D eigenvalue weighted by atomic mass is 10.0. The van der Waals surface area contributed by atoms with Crippen LogP contribution in [0, 0.1) is 5.21 Å². The number of hydrogen-bond acceptors (Lipinski definition) is 8. The smallest absolute Gasteiger partial charge is 0.387 e. The number of alkyl halides is 2. The molecule has 2 heterocycles. The molecule has 0 bridgehead atoms. The third kappa shape index (κ3) is 7.26. The lowest BCUT2D eigenvalue weighted by Gasteiger charge is -2.21. The van der Waals surface area contributed by atoms with Gasteiger partial charge in [0, 0.05) is 19.1 Å². The van der Waals surface area contributed by atoms with E-state index in [2.05, 4.69) is 4.74 Å². The molecule has 0 aliphatic carbocycles. The van der Waals surface area contributed by atoms with Gasteiger partial charge in [-0.2, -0.15) is 13.5 Å². The number of benzene rings is 1. The lowest BCUT2D eigenvalue weighted by molar-refractivity contribution is -0.605. The van der Waals surface area contributed by atoms with E-state index in [-0.39, 0.29) is 46.1 Å². The first-order valence-electron chi connectivity index (χ1n) is 10.2. The zero-order valence-corrected chi connectivity index (χ0v) is 20.9.